The summed E-state index contributed by atoms with van der Waals surface area (Å²) in [4.78, 5) is 23.0. The highest BCUT2D eigenvalue weighted by molar-refractivity contribution is 5.88. The molecule has 0 saturated carbocycles. The lowest BCUT2D eigenvalue weighted by atomic mass is 10.00. The molecule has 0 spiro atoms. The van der Waals surface area contributed by atoms with Crippen molar-refractivity contribution >= 4 is 22.6 Å². The van der Waals surface area contributed by atoms with Crippen LogP contribution in [0, 0.1) is 0 Å². The van der Waals surface area contributed by atoms with Crippen LogP contribution in [0.5, 0.6) is 0 Å². The van der Waals surface area contributed by atoms with Crippen molar-refractivity contribution in [2.45, 2.75) is 19.4 Å². The van der Waals surface area contributed by atoms with Gasteiger partial charge in [-0.15, -0.1) is 0 Å². The molecule has 0 saturated heterocycles. The number of hydrogen-bond acceptors (Lipinski definition) is 4. The van der Waals surface area contributed by atoms with E-state index in [4.69, 9.17) is 0 Å². The lowest BCUT2D eigenvalue weighted by Gasteiger charge is -2.29. The van der Waals surface area contributed by atoms with E-state index in [1.54, 1.807) is 6.33 Å². The highest BCUT2D eigenvalue weighted by atomic mass is 16.2. The molecule has 4 rings (SSSR count). The fourth-order valence-electron chi connectivity index (χ4n) is 3.30. The fraction of sp³-hybridized carbons (Fsp3) is 0.250. The Labute approximate surface area is 146 Å². The fourth-order valence-corrected chi connectivity index (χ4v) is 3.30. The molecule has 0 radical (unpaired) electrons. The first-order valence-corrected chi connectivity index (χ1v) is 8.59. The zero-order valence-corrected chi connectivity index (χ0v) is 14.0. The van der Waals surface area contributed by atoms with Crippen molar-refractivity contribution in [3.05, 3.63) is 66.0 Å². The van der Waals surface area contributed by atoms with Crippen molar-refractivity contribution in [3.63, 3.8) is 0 Å². The quantitative estimate of drug-likeness (QED) is 0.798. The average molecular weight is 332 g/mol. The lowest BCUT2D eigenvalue weighted by Crippen LogP contribution is -2.36. The van der Waals surface area contributed by atoms with Crippen molar-refractivity contribution < 1.29 is 4.79 Å². The third kappa shape index (κ3) is 3.31. The predicted molar refractivity (Wildman–Crippen MR) is 98.2 cm³/mol. The summed E-state index contributed by atoms with van der Waals surface area (Å²) in [5, 5.41) is 4.25. The molecule has 5 heteroatoms. The summed E-state index contributed by atoms with van der Waals surface area (Å²) >= 11 is 0. The SMILES string of the molecule is O=C(CCNc1ncnc2ccccc12)N1CCc2ccccc2C1. The Morgan fingerprint density at radius 3 is 2.76 bits per heavy atom. The number of anilines is 1. The summed E-state index contributed by atoms with van der Waals surface area (Å²) in [6.07, 6.45) is 2.94. The van der Waals surface area contributed by atoms with Gasteiger partial charge in [0.2, 0.25) is 5.91 Å². The van der Waals surface area contributed by atoms with Crippen molar-refractivity contribution in [3.8, 4) is 0 Å². The van der Waals surface area contributed by atoms with E-state index in [2.05, 4.69) is 33.5 Å². The smallest absolute Gasteiger partial charge is 0.224 e. The molecule has 0 bridgehead atoms. The number of para-hydroxylation sites is 1. The van der Waals surface area contributed by atoms with Gasteiger partial charge in [-0.2, -0.15) is 0 Å². The normalized spacial score (nSPS) is 13.5. The van der Waals surface area contributed by atoms with Gasteiger partial charge in [0.25, 0.3) is 0 Å². The zero-order chi connectivity index (χ0) is 17.1. The van der Waals surface area contributed by atoms with E-state index in [0.29, 0.717) is 19.5 Å². The molecule has 0 aliphatic carbocycles. The van der Waals surface area contributed by atoms with Crippen molar-refractivity contribution in [2.75, 3.05) is 18.4 Å². The molecule has 5 nitrogen and oxygen atoms in total. The van der Waals surface area contributed by atoms with Gasteiger partial charge in [0.15, 0.2) is 0 Å². The Morgan fingerprint density at radius 2 is 1.84 bits per heavy atom. The summed E-state index contributed by atoms with van der Waals surface area (Å²) in [5.41, 5.74) is 3.52. The van der Waals surface area contributed by atoms with Crippen LogP contribution in [0.2, 0.25) is 0 Å². The molecule has 3 aromatic rings. The predicted octanol–water partition coefficient (Wildman–Crippen LogP) is 3.02. The molecule has 1 aromatic heterocycles. The van der Waals surface area contributed by atoms with Gasteiger partial charge in [0.1, 0.15) is 12.1 Å². The van der Waals surface area contributed by atoms with Crippen molar-refractivity contribution in [1.29, 1.82) is 0 Å². The summed E-state index contributed by atoms with van der Waals surface area (Å²) in [6, 6.07) is 16.2. The molecule has 1 amide bonds. The van der Waals surface area contributed by atoms with E-state index in [1.165, 1.54) is 11.1 Å². The minimum Gasteiger partial charge on any atom is -0.369 e. The number of benzene rings is 2. The molecule has 0 atom stereocenters. The number of carbonyl (C=O) groups excluding carboxylic acids is 1. The lowest BCUT2D eigenvalue weighted by molar-refractivity contribution is -0.131. The van der Waals surface area contributed by atoms with Crippen LogP contribution in [0.3, 0.4) is 0 Å². The van der Waals surface area contributed by atoms with E-state index < -0.39 is 0 Å². The average Bonchev–Trinajstić information content (AvgIpc) is 2.67. The minimum absolute atomic E-state index is 0.181. The summed E-state index contributed by atoms with van der Waals surface area (Å²) < 4.78 is 0. The van der Waals surface area contributed by atoms with Crippen LogP contribution in [0.25, 0.3) is 10.9 Å². The first-order valence-electron chi connectivity index (χ1n) is 8.59. The number of aromatic nitrogens is 2. The molecule has 1 aliphatic rings. The van der Waals surface area contributed by atoms with Gasteiger partial charge < -0.3 is 10.2 Å². The number of carbonyl (C=O) groups is 1. The maximum atomic E-state index is 12.5. The number of amides is 1. The number of hydrogen-bond donors (Lipinski definition) is 1. The topological polar surface area (TPSA) is 58.1 Å². The second-order valence-corrected chi connectivity index (χ2v) is 6.25. The molecule has 25 heavy (non-hydrogen) atoms. The van der Waals surface area contributed by atoms with Gasteiger partial charge in [-0.05, 0) is 29.7 Å². The molecular formula is C20H20N4O. The maximum Gasteiger partial charge on any atom is 0.224 e. The van der Waals surface area contributed by atoms with E-state index in [9.17, 15) is 4.79 Å². The number of rotatable bonds is 4. The Hall–Kier alpha value is -2.95. The molecular weight excluding hydrogens is 312 g/mol. The van der Waals surface area contributed by atoms with Crippen LogP contribution in [-0.2, 0) is 17.8 Å². The van der Waals surface area contributed by atoms with Crippen LogP contribution < -0.4 is 5.32 Å². The summed E-state index contributed by atoms with van der Waals surface area (Å²) in [7, 11) is 0. The van der Waals surface area contributed by atoms with Gasteiger partial charge in [0.05, 0.1) is 5.52 Å². The monoisotopic (exact) mass is 332 g/mol. The number of fused-ring (bicyclic) bond motifs is 2. The number of nitrogens with zero attached hydrogens (tertiary/aromatic N) is 3. The van der Waals surface area contributed by atoms with Gasteiger partial charge in [-0.3, -0.25) is 4.79 Å². The third-order valence-electron chi connectivity index (χ3n) is 4.66. The van der Waals surface area contributed by atoms with Crippen LogP contribution in [0.15, 0.2) is 54.9 Å². The van der Waals surface area contributed by atoms with Crippen LogP contribution in [0.4, 0.5) is 5.82 Å². The highest BCUT2D eigenvalue weighted by Crippen LogP contribution is 2.20. The minimum atomic E-state index is 0.181. The van der Waals surface area contributed by atoms with Crippen molar-refractivity contribution in [2.24, 2.45) is 0 Å². The molecule has 1 aliphatic heterocycles. The summed E-state index contributed by atoms with van der Waals surface area (Å²) in [6.45, 7) is 2.08. The Balaban J connectivity index is 1.36. The van der Waals surface area contributed by atoms with Gasteiger partial charge in [-0.25, -0.2) is 9.97 Å². The molecule has 1 N–H and O–H groups in total. The number of nitrogens with one attached hydrogen (secondary N) is 1. The summed E-state index contributed by atoms with van der Waals surface area (Å²) in [5.74, 6) is 0.961. The van der Waals surface area contributed by atoms with Gasteiger partial charge in [0, 0.05) is 31.4 Å². The van der Waals surface area contributed by atoms with E-state index in [1.807, 2.05) is 35.2 Å². The zero-order valence-electron chi connectivity index (χ0n) is 14.0. The standard InChI is InChI=1S/C20H20N4O/c25-19(24-12-10-15-5-1-2-6-16(15)13-24)9-11-21-20-17-7-3-4-8-18(17)22-14-23-20/h1-8,14H,9-13H2,(H,21,22,23). The Kier molecular flexibility index (Phi) is 4.29. The highest BCUT2D eigenvalue weighted by Gasteiger charge is 2.19. The second kappa shape index (κ2) is 6.89. The maximum absolute atomic E-state index is 12.5. The van der Waals surface area contributed by atoms with Crippen LogP contribution >= 0.6 is 0 Å². The molecule has 0 fully saturated rings. The largest absolute Gasteiger partial charge is 0.369 e. The first kappa shape index (κ1) is 15.6. The molecule has 0 unspecified atom stereocenters. The van der Waals surface area contributed by atoms with Crippen LogP contribution in [0.1, 0.15) is 17.5 Å². The van der Waals surface area contributed by atoms with E-state index in [0.717, 1.165) is 29.7 Å². The molecule has 2 aromatic carbocycles. The van der Waals surface area contributed by atoms with Crippen LogP contribution in [-0.4, -0.2) is 33.9 Å². The van der Waals surface area contributed by atoms with Crippen molar-refractivity contribution in [1.82, 2.24) is 14.9 Å². The Morgan fingerprint density at radius 1 is 1.04 bits per heavy atom. The van der Waals surface area contributed by atoms with E-state index in [-0.39, 0.29) is 5.91 Å². The molecule has 126 valence electrons. The first-order chi connectivity index (χ1) is 12.3. The second-order valence-electron chi connectivity index (χ2n) is 6.25. The molecule has 2 heterocycles. The van der Waals surface area contributed by atoms with Gasteiger partial charge in [-0.1, -0.05) is 36.4 Å². The third-order valence-corrected chi connectivity index (χ3v) is 4.66. The Bertz CT molecular complexity index is 904. The van der Waals surface area contributed by atoms with E-state index >= 15 is 0 Å². The van der Waals surface area contributed by atoms with Gasteiger partial charge >= 0.3 is 0 Å².